The summed E-state index contributed by atoms with van der Waals surface area (Å²) in [6.07, 6.45) is 6.61. The van der Waals surface area contributed by atoms with Gasteiger partial charge >= 0.3 is 0 Å². The van der Waals surface area contributed by atoms with E-state index in [-0.39, 0.29) is 15.6 Å². The van der Waals surface area contributed by atoms with Crippen molar-refractivity contribution in [3.8, 4) is 11.1 Å². The highest BCUT2D eigenvalue weighted by atomic mass is 32.2. The molecule has 1 aliphatic carbocycles. The first-order valence-electron chi connectivity index (χ1n) is 14.0. The van der Waals surface area contributed by atoms with Crippen LogP contribution in [-0.4, -0.2) is 57.4 Å². The van der Waals surface area contributed by atoms with Crippen LogP contribution in [0.2, 0.25) is 0 Å². The van der Waals surface area contributed by atoms with Gasteiger partial charge in [-0.2, -0.15) is 8.61 Å². The number of fused-ring (bicyclic) bond motifs is 3. The maximum Gasteiger partial charge on any atom is 0.243 e. The van der Waals surface area contributed by atoms with E-state index in [4.69, 9.17) is 0 Å². The minimum Gasteiger partial charge on any atom is -0.289 e. The molecule has 2 aromatic carbocycles. The van der Waals surface area contributed by atoms with Gasteiger partial charge in [-0.1, -0.05) is 65.5 Å². The van der Waals surface area contributed by atoms with E-state index in [1.54, 1.807) is 24.3 Å². The lowest BCUT2D eigenvalue weighted by atomic mass is 10.1. The van der Waals surface area contributed by atoms with Crippen LogP contribution in [0.15, 0.2) is 46.2 Å². The van der Waals surface area contributed by atoms with E-state index in [1.807, 2.05) is 27.7 Å². The second-order valence-corrected chi connectivity index (χ2v) is 13.8. The molecule has 210 valence electrons. The SMILES string of the molecule is CCCCN(CCCC)S(=O)(=O)c1ccc2c(c1)C(=O)c1cc(S(=O)(=O)N(CCCC)CCCC)ccc1-2. The molecule has 0 N–H and O–H groups in total. The maximum atomic E-state index is 13.5. The molecular weight excluding hydrogens is 520 g/mol. The Morgan fingerprint density at radius 1 is 0.526 bits per heavy atom. The van der Waals surface area contributed by atoms with Crippen molar-refractivity contribution in [2.75, 3.05) is 26.2 Å². The zero-order valence-corrected chi connectivity index (χ0v) is 24.8. The van der Waals surface area contributed by atoms with Crippen molar-refractivity contribution in [1.82, 2.24) is 8.61 Å². The lowest BCUT2D eigenvalue weighted by molar-refractivity contribution is 0.104. The molecule has 0 aromatic heterocycles. The predicted molar refractivity (Wildman–Crippen MR) is 152 cm³/mol. The fourth-order valence-electron chi connectivity index (χ4n) is 4.70. The van der Waals surface area contributed by atoms with Crippen LogP contribution in [0.25, 0.3) is 11.1 Å². The Bertz CT molecular complexity index is 1220. The molecule has 0 unspecified atom stereocenters. The Morgan fingerprint density at radius 3 is 1.13 bits per heavy atom. The lowest BCUT2D eigenvalue weighted by Gasteiger charge is -2.22. The summed E-state index contributed by atoms with van der Waals surface area (Å²) in [6.45, 7) is 9.87. The average Bonchev–Trinajstić information content (AvgIpc) is 3.19. The van der Waals surface area contributed by atoms with E-state index in [0.717, 1.165) is 51.4 Å². The molecule has 38 heavy (non-hydrogen) atoms. The van der Waals surface area contributed by atoms with Gasteiger partial charge in [-0.15, -0.1) is 0 Å². The van der Waals surface area contributed by atoms with Gasteiger partial charge in [-0.25, -0.2) is 16.8 Å². The second-order valence-electron chi connectivity index (χ2n) is 9.97. The van der Waals surface area contributed by atoms with Gasteiger partial charge in [-0.3, -0.25) is 4.79 Å². The molecule has 0 atom stereocenters. The van der Waals surface area contributed by atoms with Gasteiger partial charge in [0.2, 0.25) is 20.0 Å². The van der Waals surface area contributed by atoms with Gasteiger partial charge in [0.1, 0.15) is 0 Å². The molecule has 0 bridgehead atoms. The maximum absolute atomic E-state index is 13.5. The van der Waals surface area contributed by atoms with Gasteiger partial charge < -0.3 is 0 Å². The quantitative estimate of drug-likeness (QED) is 0.211. The standard InChI is InChI=1S/C29H42N2O5S2/c1-5-9-17-30(18-10-6-2)37(33,34)23-13-15-25-26-16-14-24(22-28(26)29(32)27(25)21-23)38(35,36)31(19-11-7-3)20-12-8-4/h13-16,21-22H,5-12,17-20H2,1-4H3. The molecule has 0 fully saturated rings. The summed E-state index contributed by atoms with van der Waals surface area (Å²) in [5, 5.41) is 0. The van der Waals surface area contributed by atoms with Crippen LogP contribution in [0.3, 0.4) is 0 Å². The highest BCUT2D eigenvalue weighted by molar-refractivity contribution is 7.89. The summed E-state index contributed by atoms with van der Waals surface area (Å²) < 4.78 is 57.0. The number of sulfonamides is 2. The third-order valence-electron chi connectivity index (χ3n) is 7.08. The summed E-state index contributed by atoms with van der Waals surface area (Å²) in [7, 11) is -7.52. The smallest absolute Gasteiger partial charge is 0.243 e. The third kappa shape index (κ3) is 6.38. The fraction of sp³-hybridized carbons (Fsp3) is 0.552. The molecule has 0 amide bonds. The van der Waals surface area contributed by atoms with Crippen molar-refractivity contribution >= 4 is 25.8 Å². The molecule has 1 aliphatic rings. The summed E-state index contributed by atoms with van der Waals surface area (Å²) in [5.41, 5.74) is 1.87. The van der Waals surface area contributed by atoms with Crippen molar-refractivity contribution in [3.63, 3.8) is 0 Å². The van der Waals surface area contributed by atoms with Crippen molar-refractivity contribution in [1.29, 1.82) is 0 Å². The van der Waals surface area contributed by atoms with Crippen molar-refractivity contribution in [2.24, 2.45) is 0 Å². The van der Waals surface area contributed by atoms with Crippen LogP contribution in [0, 0.1) is 0 Å². The predicted octanol–water partition coefficient (Wildman–Crippen LogP) is 6.08. The zero-order chi connectivity index (χ0) is 27.9. The Hall–Kier alpha value is -2.07. The van der Waals surface area contributed by atoms with E-state index >= 15 is 0 Å². The number of hydrogen-bond donors (Lipinski definition) is 0. The van der Waals surface area contributed by atoms with Gasteiger partial charge in [0.15, 0.2) is 5.78 Å². The van der Waals surface area contributed by atoms with E-state index in [0.29, 0.717) is 48.4 Å². The number of nitrogens with zero attached hydrogens (tertiary/aromatic N) is 2. The summed E-state index contributed by atoms with van der Waals surface area (Å²) in [5.74, 6) is -0.341. The number of benzene rings is 2. The Kier molecular flexibility index (Phi) is 10.7. The largest absolute Gasteiger partial charge is 0.289 e. The highest BCUT2D eigenvalue weighted by Gasteiger charge is 2.33. The van der Waals surface area contributed by atoms with E-state index in [9.17, 15) is 21.6 Å². The first-order valence-corrected chi connectivity index (χ1v) is 16.8. The second kappa shape index (κ2) is 13.3. The monoisotopic (exact) mass is 562 g/mol. The van der Waals surface area contributed by atoms with Gasteiger partial charge in [-0.05, 0) is 61.1 Å². The van der Waals surface area contributed by atoms with Crippen molar-refractivity contribution in [2.45, 2.75) is 88.9 Å². The minimum atomic E-state index is -3.76. The van der Waals surface area contributed by atoms with E-state index < -0.39 is 20.0 Å². The zero-order valence-electron chi connectivity index (χ0n) is 23.2. The Balaban J connectivity index is 1.96. The lowest BCUT2D eigenvalue weighted by Crippen LogP contribution is -2.33. The summed E-state index contributed by atoms with van der Waals surface area (Å²) >= 11 is 0. The van der Waals surface area contributed by atoms with E-state index in [1.165, 1.54) is 20.7 Å². The molecule has 0 heterocycles. The van der Waals surface area contributed by atoms with E-state index in [2.05, 4.69) is 0 Å². The summed E-state index contributed by atoms with van der Waals surface area (Å²) in [4.78, 5) is 13.7. The van der Waals surface area contributed by atoms with Gasteiger partial charge in [0.05, 0.1) is 9.79 Å². The molecule has 0 spiro atoms. The first kappa shape index (κ1) is 30.5. The Labute approximate surface area is 229 Å². The number of carbonyl (C=O) groups is 1. The molecule has 0 radical (unpaired) electrons. The normalized spacial score (nSPS) is 13.4. The summed E-state index contributed by atoms with van der Waals surface area (Å²) in [6, 6.07) is 9.38. The van der Waals surface area contributed by atoms with Crippen LogP contribution < -0.4 is 0 Å². The molecule has 0 aliphatic heterocycles. The molecule has 0 saturated heterocycles. The molecule has 3 rings (SSSR count). The molecule has 2 aromatic rings. The van der Waals surface area contributed by atoms with Crippen LogP contribution in [0.4, 0.5) is 0 Å². The highest BCUT2D eigenvalue weighted by Crippen LogP contribution is 2.39. The van der Waals surface area contributed by atoms with Crippen LogP contribution >= 0.6 is 0 Å². The van der Waals surface area contributed by atoms with Crippen molar-refractivity contribution < 1.29 is 21.6 Å². The number of ketones is 1. The Morgan fingerprint density at radius 2 is 0.842 bits per heavy atom. The van der Waals surface area contributed by atoms with Crippen LogP contribution in [-0.2, 0) is 20.0 Å². The van der Waals surface area contributed by atoms with Gasteiger partial charge in [0.25, 0.3) is 0 Å². The fourth-order valence-corrected chi connectivity index (χ4v) is 7.79. The molecule has 9 heteroatoms. The van der Waals surface area contributed by atoms with Crippen LogP contribution in [0.1, 0.15) is 95.0 Å². The topological polar surface area (TPSA) is 91.8 Å². The van der Waals surface area contributed by atoms with Crippen LogP contribution in [0.5, 0.6) is 0 Å². The van der Waals surface area contributed by atoms with Gasteiger partial charge in [0, 0.05) is 37.3 Å². The number of unbranched alkanes of at least 4 members (excludes halogenated alkanes) is 4. The molecular formula is C29H42N2O5S2. The molecule has 7 nitrogen and oxygen atoms in total. The first-order chi connectivity index (χ1) is 18.1. The molecule has 0 saturated carbocycles. The minimum absolute atomic E-state index is 0.0998. The number of hydrogen-bond acceptors (Lipinski definition) is 5. The third-order valence-corrected chi connectivity index (χ3v) is 10.9. The average molecular weight is 563 g/mol. The number of rotatable bonds is 16. The van der Waals surface area contributed by atoms with Crippen molar-refractivity contribution in [3.05, 3.63) is 47.5 Å². The number of carbonyl (C=O) groups excluding carboxylic acids is 1.